The first-order valence-corrected chi connectivity index (χ1v) is 6.68. The van der Waals surface area contributed by atoms with Gasteiger partial charge >= 0.3 is 0 Å². The van der Waals surface area contributed by atoms with Crippen LogP contribution in [0.15, 0.2) is 36.4 Å². The molecule has 110 valence electrons. The first kappa shape index (κ1) is 15.3. The number of hydrogen-bond acceptors (Lipinski definition) is 2. The van der Waals surface area contributed by atoms with Crippen LogP contribution in [0.25, 0.3) is 0 Å². The fourth-order valence-electron chi connectivity index (χ4n) is 1.75. The minimum absolute atomic E-state index is 0.175. The minimum atomic E-state index is -0.696. The molecule has 0 aliphatic carbocycles. The van der Waals surface area contributed by atoms with E-state index in [1.165, 1.54) is 0 Å². The molecule has 0 unspecified atom stereocenters. The summed E-state index contributed by atoms with van der Waals surface area (Å²) in [6.45, 7) is 1.72. The van der Waals surface area contributed by atoms with Crippen molar-refractivity contribution in [1.29, 1.82) is 0 Å². The largest absolute Gasteiger partial charge is 0.354 e. The first-order chi connectivity index (χ1) is 9.97. The molecule has 3 nitrogen and oxygen atoms in total. The number of rotatable bonds is 4. The Hall–Kier alpha value is -2.14. The van der Waals surface area contributed by atoms with Crippen molar-refractivity contribution in [3.05, 3.63) is 53.1 Å². The van der Waals surface area contributed by atoms with Crippen molar-refractivity contribution >= 4 is 34.6 Å². The Balaban J connectivity index is 2.33. The lowest BCUT2D eigenvalue weighted by Crippen LogP contribution is -2.11. The van der Waals surface area contributed by atoms with E-state index in [0.717, 1.165) is 18.2 Å². The van der Waals surface area contributed by atoms with Gasteiger partial charge in [0.2, 0.25) is 5.91 Å². The number of carbonyl (C=O) groups excluding carboxylic acids is 1. The van der Waals surface area contributed by atoms with Gasteiger partial charge in [0.05, 0.1) is 11.4 Å². The van der Waals surface area contributed by atoms with E-state index in [9.17, 15) is 13.6 Å². The quantitative estimate of drug-likeness (QED) is 0.858. The summed E-state index contributed by atoms with van der Waals surface area (Å²) in [7, 11) is 0. The lowest BCUT2D eigenvalue weighted by atomic mass is 10.2. The van der Waals surface area contributed by atoms with Gasteiger partial charge in [-0.15, -0.1) is 0 Å². The molecule has 0 aliphatic heterocycles. The van der Waals surface area contributed by atoms with Crippen molar-refractivity contribution < 1.29 is 13.6 Å². The number of carbonyl (C=O) groups is 1. The van der Waals surface area contributed by atoms with Crippen LogP contribution in [-0.2, 0) is 4.79 Å². The third-order valence-electron chi connectivity index (χ3n) is 2.72. The highest BCUT2D eigenvalue weighted by atomic mass is 35.5. The van der Waals surface area contributed by atoms with E-state index < -0.39 is 11.6 Å². The second-order valence-corrected chi connectivity index (χ2v) is 4.81. The highest BCUT2D eigenvalue weighted by Gasteiger charge is 2.08. The van der Waals surface area contributed by atoms with E-state index >= 15 is 0 Å². The highest BCUT2D eigenvalue weighted by molar-refractivity contribution is 6.31. The summed E-state index contributed by atoms with van der Waals surface area (Å²) >= 11 is 5.92. The van der Waals surface area contributed by atoms with Gasteiger partial charge in [0, 0.05) is 23.2 Å². The molecule has 2 rings (SSSR count). The molecule has 0 aromatic heterocycles. The predicted molar refractivity (Wildman–Crippen MR) is 80.0 cm³/mol. The molecule has 0 saturated heterocycles. The molecular formula is C15H13ClF2N2O. The summed E-state index contributed by atoms with van der Waals surface area (Å²) in [5.41, 5.74) is 1.16. The molecule has 0 saturated carbocycles. The van der Waals surface area contributed by atoms with E-state index in [-0.39, 0.29) is 11.6 Å². The molecule has 0 spiro atoms. The number of nitrogens with one attached hydrogen (secondary N) is 2. The number of anilines is 3. The van der Waals surface area contributed by atoms with Gasteiger partial charge in [-0.1, -0.05) is 18.5 Å². The van der Waals surface area contributed by atoms with Gasteiger partial charge in [0.25, 0.3) is 0 Å². The molecule has 2 N–H and O–H groups in total. The topological polar surface area (TPSA) is 41.1 Å². The van der Waals surface area contributed by atoms with Gasteiger partial charge in [-0.25, -0.2) is 8.78 Å². The molecule has 2 aromatic carbocycles. The van der Waals surface area contributed by atoms with Gasteiger partial charge in [0.15, 0.2) is 0 Å². The van der Waals surface area contributed by atoms with Crippen molar-refractivity contribution in [3.8, 4) is 0 Å². The molecule has 1 amide bonds. The SMILES string of the molecule is CCC(=O)Nc1ccc(Cl)cc1Nc1cc(F)cc(F)c1. The van der Waals surface area contributed by atoms with Gasteiger partial charge < -0.3 is 10.6 Å². The number of benzene rings is 2. The lowest BCUT2D eigenvalue weighted by molar-refractivity contribution is -0.115. The van der Waals surface area contributed by atoms with Crippen LogP contribution in [0.3, 0.4) is 0 Å². The maximum Gasteiger partial charge on any atom is 0.224 e. The zero-order valence-electron chi connectivity index (χ0n) is 11.2. The van der Waals surface area contributed by atoms with E-state index in [4.69, 9.17) is 11.6 Å². The van der Waals surface area contributed by atoms with Crippen molar-refractivity contribution in [2.45, 2.75) is 13.3 Å². The second kappa shape index (κ2) is 6.54. The number of amides is 1. The molecule has 0 bridgehead atoms. The predicted octanol–water partition coefficient (Wildman–Crippen LogP) is 4.71. The van der Waals surface area contributed by atoms with Crippen LogP contribution in [0.5, 0.6) is 0 Å². The van der Waals surface area contributed by atoms with Gasteiger partial charge in [0.1, 0.15) is 11.6 Å². The molecular weight excluding hydrogens is 298 g/mol. The zero-order valence-corrected chi connectivity index (χ0v) is 12.0. The van der Waals surface area contributed by atoms with Gasteiger partial charge in [-0.3, -0.25) is 4.79 Å². The van der Waals surface area contributed by atoms with E-state index in [1.54, 1.807) is 25.1 Å². The maximum atomic E-state index is 13.2. The third kappa shape index (κ3) is 4.16. The van der Waals surface area contributed by atoms with E-state index in [2.05, 4.69) is 10.6 Å². The van der Waals surface area contributed by atoms with Crippen LogP contribution in [0.4, 0.5) is 25.8 Å². The molecule has 0 radical (unpaired) electrons. The Morgan fingerprint density at radius 2 is 1.76 bits per heavy atom. The molecule has 6 heteroatoms. The normalized spacial score (nSPS) is 10.3. The summed E-state index contributed by atoms with van der Waals surface area (Å²) in [5.74, 6) is -1.57. The van der Waals surface area contributed by atoms with Crippen LogP contribution in [-0.4, -0.2) is 5.91 Å². The van der Waals surface area contributed by atoms with Gasteiger partial charge in [-0.05, 0) is 30.3 Å². The maximum absolute atomic E-state index is 13.2. The fraction of sp³-hybridized carbons (Fsp3) is 0.133. The zero-order chi connectivity index (χ0) is 15.4. The third-order valence-corrected chi connectivity index (χ3v) is 2.95. The molecule has 21 heavy (non-hydrogen) atoms. The lowest BCUT2D eigenvalue weighted by Gasteiger charge is -2.13. The van der Waals surface area contributed by atoms with Crippen LogP contribution in [0, 0.1) is 11.6 Å². The molecule has 2 aromatic rings. The number of hydrogen-bond donors (Lipinski definition) is 2. The monoisotopic (exact) mass is 310 g/mol. The Morgan fingerprint density at radius 3 is 2.38 bits per heavy atom. The standard InChI is InChI=1S/C15H13ClF2N2O/c1-2-15(21)20-13-4-3-9(16)5-14(13)19-12-7-10(17)6-11(18)8-12/h3-8,19H,2H2,1H3,(H,20,21). The van der Waals surface area contributed by atoms with Gasteiger partial charge in [-0.2, -0.15) is 0 Å². The Kier molecular flexibility index (Phi) is 4.75. The van der Waals surface area contributed by atoms with Crippen molar-refractivity contribution in [2.75, 3.05) is 10.6 Å². The van der Waals surface area contributed by atoms with E-state index in [0.29, 0.717) is 22.8 Å². The van der Waals surface area contributed by atoms with E-state index in [1.807, 2.05) is 0 Å². The second-order valence-electron chi connectivity index (χ2n) is 4.37. The highest BCUT2D eigenvalue weighted by Crippen LogP contribution is 2.29. The average molecular weight is 311 g/mol. The molecule has 0 aliphatic rings. The average Bonchev–Trinajstić information content (AvgIpc) is 2.40. The fourth-order valence-corrected chi connectivity index (χ4v) is 1.92. The van der Waals surface area contributed by atoms with Crippen molar-refractivity contribution in [1.82, 2.24) is 0 Å². The first-order valence-electron chi connectivity index (χ1n) is 6.30. The number of halogens is 3. The van der Waals surface area contributed by atoms with Crippen LogP contribution < -0.4 is 10.6 Å². The van der Waals surface area contributed by atoms with Crippen molar-refractivity contribution in [2.24, 2.45) is 0 Å². The molecule has 0 atom stereocenters. The Labute approximate surface area is 125 Å². The summed E-state index contributed by atoms with van der Waals surface area (Å²) in [6, 6.07) is 7.88. The Morgan fingerprint density at radius 1 is 1.10 bits per heavy atom. The Bertz CT molecular complexity index is 656. The summed E-state index contributed by atoms with van der Waals surface area (Å²) in [4.78, 5) is 11.5. The summed E-state index contributed by atoms with van der Waals surface area (Å²) in [6.07, 6.45) is 0.316. The molecule has 0 fully saturated rings. The summed E-state index contributed by atoms with van der Waals surface area (Å²) < 4.78 is 26.4. The van der Waals surface area contributed by atoms with Crippen LogP contribution in [0.1, 0.15) is 13.3 Å². The van der Waals surface area contributed by atoms with Crippen LogP contribution in [0.2, 0.25) is 5.02 Å². The smallest absolute Gasteiger partial charge is 0.224 e. The molecule has 0 heterocycles. The van der Waals surface area contributed by atoms with Crippen LogP contribution >= 0.6 is 11.6 Å². The summed E-state index contributed by atoms with van der Waals surface area (Å²) in [5, 5.41) is 5.97. The minimum Gasteiger partial charge on any atom is -0.354 e. The van der Waals surface area contributed by atoms with Crippen molar-refractivity contribution in [3.63, 3.8) is 0 Å².